The topological polar surface area (TPSA) is 80.7 Å². The molecule has 0 aliphatic carbocycles. The van der Waals surface area contributed by atoms with E-state index in [0.717, 1.165) is 5.46 Å². The number of aliphatic hydroxyl groups is 1. The van der Waals surface area contributed by atoms with Crippen molar-refractivity contribution < 1.29 is 19.2 Å². The zero-order valence-electron chi connectivity index (χ0n) is 17.2. The Balaban J connectivity index is 1.71. The van der Waals surface area contributed by atoms with Crippen LogP contribution in [0.1, 0.15) is 57.5 Å². The summed E-state index contributed by atoms with van der Waals surface area (Å²) in [7, 11) is -0.466. The second-order valence-electron chi connectivity index (χ2n) is 8.65. The van der Waals surface area contributed by atoms with Crippen LogP contribution in [0.15, 0.2) is 42.6 Å². The lowest BCUT2D eigenvalue weighted by molar-refractivity contribution is 0.00578. The van der Waals surface area contributed by atoms with Crippen molar-refractivity contribution >= 4 is 24.3 Å². The number of anilines is 1. The number of carbonyl (C=O) groups excluding carboxylic acids is 1. The van der Waals surface area contributed by atoms with Gasteiger partial charge in [-0.3, -0.25) is 4.79 Å². The summed E-state index contributed by atoms with van der Waals surface area (Å²) in [5.41, 5.74) is 0.199. The Kier molecular flexibility index (Phi) is 5.12. The Morgan fingerprint density at radius 2 is 1.64 bits per heavy atom. The van der Waals surface area contributed by atoms with Crippen LogP contribution in [0.5, 0.6) is 0 Å². The van der Waals surface area contributed by atoms with E-state index in [1.807, 2.05) is 39.8 Å². The number of carbonyl (C=O) groups is 1. The minimum absolute atomic E-state index is 0.277. The van der Waals surface area contributed by atoms with Gasteiger partial charge in [-0.1, -0.05) is 12.1 Å². The fraction of sp³-hybridized carbons (Fsp3) is 0.429. The summed E-state index contributed by atoms with van der Waals surface area (Å²) in [6.45, 7) is 11.4. The molecule has 1 saturated heterocycles. The number of benzene rings is 1. The molecule has 0 radical (unpaired) electrons. The predicted octanol–water partition coefficient (Wildman–Crippen LogP) is 2.86. The van der Waals surface area contributed by atoms with Crippen molar-refractivity contribution in [2.24, 2.45) is 0 Å². The molecule has 6 nitrogen and oxygen atoms in total. The van der Waals surface area contributed by atoms with Crippen LogP contribution in [0.4, 0.5) is 5.82 Å². The van der Waals surface area contributed by atoms with Gasteiger partial charge in [0.05, 0.1) is 16.8 Å². The summed E-state index contributed by atoms with van der Waals surface area (Å²) < 4.78 is 12.1. The van der Waals surface area contributed by atoms with E-state index in [1.54, 1.807) is 44.3 Å². The van der Waals surface area contributed by atoms with Crippen LogP contribution in [0, 0.1) is 0 Å². The Morgan fingerprint density at radius 3 is 2.18 bits per heavy atom. The lowest BCUT2D eigenvalue weighted by atomic mass is 9.79. The van der Waals surface area contributed by atoms with E-state index in [4.69, 9.17) is 9.31 Å². The molecule has 1 aliphatic heterocycles. The third-order valence-corrected chi connectivity index (χ3v) is 5.41. The average Bonchev–Trinajstić information content (AvgIpc) is 2.82. The SMILES string of the molecule is CC(C)(O)c1ccnc(NC(=O)c2ccc(B3OC(C)(C)C(C)(C)O3)cc2)c1. The van der Waals surface area contributed by atoms with E-state index >= 15 is 0 Å². The fourth-order valence-corrected chi connectivity index (χ4v) is 2.84. The molecule has 2 heterocycles. The van der Waals surface area contributed by atoms with E-state index in [1.165, 1.54) is 0 Å². The van der Waals surface area contributed by atoms with Crippen molar-refractivity contribution in [3.05, 3.63) is 53.7 Å². The first-order valence-electron chi connectivity index (χ1n) is 9.35. The van der Waals surface area contributed by atoms with Crippen molar-refractivity contribution in [1.82, 2.24) is 4.98 Å². The molecule has 0 spiro atoms. The third kappa shape index (κ3) is 4.11. The van der Waals surface area contributed by atoms with Crippen molar-refractivity contribution in [3.8, 4) is 0 Å². The smallest absolute Gasteiger partial charge is 0.399 e. The minimum Gasteiger partial charge on any atom is -0.399 e. The molecule has 1 aromatic heterocycles. The average molecular weight is 382 g/mol. The summed E-state index contributed by atoms with van der Waals surface area (Å²) in [5, 5.41) is 12.9. The molecular weight excluding hydrogens is 355 g/mol. The summed E-state index contributed by atoms with van der Waals surface area (Å²) in [6.07, 6.45) is 1.56. The van der Waals surface area contributed by atoms with Crippen LogP contribution in [0.2, 0.25) is 0 Å². The lowest BCUT2D eigenvalue weighted by Crippen LogP contribution is -2.41. The van der Waals surface area contributed by atoms with Gasteiger partial charge in [0.15, 0.2) is 0 Å². The maximum atomic E-state index is 12.5. The molecule has 0 saturated carbocycles. The zero-order chi connectivity index (χ0) is 20.7. The lowest BCUT2D eigenvalue weighted by Gasteiger charge is -2.32. The van der Waals surface area contributed by atoms with Crippen LogP contribution in [-0.4, -0.2) is 34.3 Å². The van der Waals surface area contributed by atoms with Crippen LogP contribution in [-0.2, 0) is 14.9 Å². The van der Waals surface area contributed by atoms with Gasteiger partial charge in [-0.05, 0) is 76.8 Å². The number of nitrogens with zero attached hydrogens (tertiary/aromatic N) is 1. The summed E-state index contributed by atoms with van der Waals surface area (Å²) in [4.78, 5) is 16.7. The summed E-state index contributed by atoms with van der Waals surface area (Å²) in [5.74, 6) is 0.112. The van der Waals surface area contributed by atoms with Gasteiger partial charge in [-0.2, -0.15) is 0 Å². The molecule has 148 valence electrons. The number of pyridine rings is 1. The molecule has 1 amide bonds. The fourth-order valence-electron chi connectivity index (χ4n) is 2.84. The number of hydrogen-bond acceptors (Lipinski definition) is 5. The summed E-state index contributed by atoms with van der Waals surface area (Å²) >= 11 is 0. The molecule has 1 fully saturated rings. The highest BCUT2D eigenvalue weighted by Gasteiger charge is 2.51. The van der Waals surface area contributed by atoms with Gasteiger partial charge in [0, 0.05) is 11.8 Å². The maximum Gasteiger partial charge on any atom is 0.494 e. The molecule has 3 rings (SSSR count). The van der Waals surface area contributed by atoms with Crippen molar-refractivity contribution in [2.75, 3.05) is 5.32 Å². The van der Waals surface area contributed by atoms with Crippen molar-refractivity contribution in [1.29, 1.82) is 0 Å². The largest absolute Gasteiger partial charge is 0.494 e. The van der Waals surface area contributed by atoms with E-state index in [0.29, 0.717) is 16.9 Å². The first-order chi connectivity index (χ1) is 12.9. The normalized spacial score (nSPS) is 18.2. The Morgan fingerprint density at radius 1 is 1.07 bits per heavy atom. The highest BCUT2D eigenvalue weighted by molar-refractivity contribution is 6.62. The Bertz CT molecular complexity index is 857. The quantitative estimate of drug-likeness (QED) is 0.795. The number of rotatable bonds is 4. The molecule has 0 bridgehead atoms. The molecule has 2 N–H and O–H groups in total. The number of nitrogens with one attached hydrogen (secondary N) is 1. The Hall–Kier alpha value is -2.22. The van der Waals surface area contributed by atoms with Crippen LogP contribution >= 0.6 is 0 Å². The third-order valence-electron chi connectivity index (χ3n) is 5.41. The van der Waals surface area contributed by atoms with Crippen LogP contribution < -0.4 is 10.8 Å². The Labute approximate surface area is 166 Å². The van der Waals surface area contributed by atoms with Gasteiger partial charge in [-0.25, -0.2) is 4.98 Å². The molecule has 2 aromatic rings. The first-order valence-corrected chi connectivity index (χ1v) is 9.35. The van der Waals surface area contributed by atoms with Crippen LogP contribution in [0.3, 0.4) is 0 Å². The van der Waals surface area contributed by atoms with E-state index < -0.39 is 23.9 Å². The van der Waals surface area contributed by atoms with Crippen LogP contribution in [0.25, 0.3) is 0 Å². The van der Waals surface area contributed by atoms with E-state index in [-0.39, 0.29) is 5.91 Å². The van der Waals surface area contributed by atoms with Gasteiger partial charge >= 0.3 is 7.12 Å². The van der Waals surface area contributed by atoms with Crippen molar-refractivity contribution in [3.63, 3.8) is 0 Å². The molecule has 28 heavy (non-hydrogen) atoms. The molecule has 7 heteroatoms. The van der Waals surface area contributed by atoms with Gasteiger partial charge in [0.25, 0.3) is 5.91 Å². The highest BCUT2D eigenvalue weighted by atomic mass is 16.7. The highest BCUT2D eigenvalue weighted by Crippen LogP contribution is 2.36. The maximum absolute atomic E-state index is 12.5. The molecular formula is C21H27BN2O4. The van der Waals surface area contributed by atoms with Gasteiger partial charge in [0.1, 0.15) is 5.82 Å². The summed E-state index contributed by atoms with van der Waals surface area (Å²) in [6, 6.07) is 10.5. The number of aromatic nitrogens is 1. The van der Waals surface area contributed by atoms with Crippen molar-refractivity contribution in [2.45, 2.75) is 58.3 Å². The van der Waals surface area contributed by atoms with E-state index in [2.05, 4.69) is 10.3 Å². The zero-order valence-corrected chi connectivity index (χ0v) is 17.2. The number of amides is 1. The monoisotopic (exact) mass is 382 g/mol. The first kappa shape index (κ1) is 20.5. The predicted molar refractivity (Wildman–Crippen MR) is 110 cm³/mol. The molecule has 0 unspecified atom stereocenters. The van der Waals surface area contributed by atoms with Gasteiger partial charge in [0.2, 0.25) is 0 Å². The second-order valence-corrected chi connectivity index (χ2v) is 8.65. The van der Waals surface area contributed by atoms with Gasteiger partial charge in [-0.15, -0.1) is 0 Å². The standard InChI is InChI=1S/C21H27BN2O4/c1-19(2,26)15-11-12-23-17(13-15)24-18(25)14-7-9-16(10-8-14)22-27-20(3,4)21(5,6)28-22/h7-13,26H,1-6H3,(H,23,24,25). The van der Waals surface area contributed by atoms with E-state index in [9.17, 15) is 9.90 Å². The minimum atomic E-state index is -1.01. The van der Waals surface area contributed by atoms with Gasteiger partial charge < -0.3 is 19.7 Å². The molecule has 1 aromatic carbocycles. The molecule has 1 aliphatic rings. The molecule has 0 atom stereocenters. The second kappa shape index (κ2) is 6.99. The number of hydrogen-bond donors (Lipinski definition) is 2.